The Morgan fingerprint density at radius 3 is 2.79 bits per heavy atom. The van der Waals surface area contributed by atoms with E-state index in [4.69, 9.17) is 4.74 Å². The van der Waals surface area contributed by atoms with Gasteiger partial charge in [0.1, 0.15) is 0 Å². The van der Waals surface area contributed by atoms with Crippen molar-refractivity contribution in [2.75, 3.05) is 33.4 Å². The first-order chi connectivity index (χ1) is 8.85. The van der Waals surface area contributed by atoms with Crippen molar-refractivity contribution in [2.24, 2.45) is 5.92 Å². The summed E-state index contributed by atoms with van der Waals surface area (Å²) in [5, 5.41) is 0. The number of rotatable bonds is 6. The fraction of sp³-hybridized carbons (Fsp3) is 0.909. The van der Waals surface area contributed by atoms with Crippen molar-refractivity contribution in [3.8, 4) is 0 Å². The molecule has 0 bridgehead atoms. The fourth-order valence-corrected chi connectivity index (χ4v) is 3.07. The lowest BCUT2D eigenvalue weighted by atomic mass is 10.2. The number of nitrogens with zero attached hydrogens (tertiary/aromatic N) is 1. The van der Waals surface area contributed by atoms with Gasteiger partial charge in [-0.05, 0) is 5.92 Å². The van der Waals surface area contributed by atoms with Gasteiger partial charge in [-0.15, -0.1) is 0 Å². The SMILES string of the molecule is COC(=O)CC1CN(S(=O)(=O)NCC(C)C)CCO1. The maximum absolute atomic E-state index is 12.0. The summed E-state index contributed by atoms with van der Waals surface area (Å²) in [4.78, 5) is 11.2. The van der Waals surface area contributed by atoms with Gasteiger partial charge in [0.25, 0.3) is 10.2 Å². The van der Waals surface area contributed by atoms with Gasteiger partial charge in [-0.2, -0.15) is 12.7 Å². The molecular weight excluding hydrogens is 272 g/mol. The molecule has 0 aromatic carbocycles. The second-order valence-electron chi connectivity index (χ2n) is 4.88. The summed E-state index contributed by atoms with van der Waals surface area (Å²) in [6.45, 7) is 5.00. The Labute approximate surface area is 114 Å². The number of ether oxygens (including phenoxy) is 2. The molecule has 0 aliphatic carbocycles. The van der Waals surface area contributed by atoms with E-state index in [2.05, 4.69) is 9.46 Å². The highest BCUT2D eigenvalue weighted by molar-refractivity contribution is 7.87. The molecule has 1 aliphatic heterocycles. The molecule has 1 heterocycles. The number of carbonyl (C=O) groups is 1. The Balaban J connectivity index is 2.56. The summed E-state index contributed by atoms with van der Waals surface area (Å²) in [6.07, 6.45) is -0.385. The minimum atomic E-state index is -3.50. The predicted octanol–water partition coefficient (Wildman–Crippen LogP) is -0.259. The quantitative estimate of drug-likeness (QED) is 0.682. The minimum Gasteiger partial charge on any atom is -0.469 e. The number of esters is 1. The van der Waals surface area contributed by atoms with Crippen LogP contribution in [-0.4, -0.2) is 58.1 Å². The van der Waals surface area contributed by atoms with Crippen LogP contribution in [0, 0.1) is 5.92 Å². The van der Waals surface area contributed by atoms with E-state index in [-0.39, 0.29) is 25.5 Å². The van der Waals surface area contributed by atoms with Crippen molar-refractivity contribution in [3.05, 3.63) is 0 Å². The molecule has 8 heteroatoms. The second kappa shape index (κ2) is 7.18. The summed E-state index contributed by atoms with van der Waals surface area (Å²) in [5.74, 6) is -0.166. The number of morpholine rings is 1. The lowest BCUT2D eigenvalue weighted by molar-refractivity contribution is -0.145. The number of carbonyl (C=O) groups excluding carboxylic acids is 1. The normalized spacial score (nSPS) is 21.6. The molecule has 1 fully saturated rings. The molecule has 1 saturated heterocycles. The zero-order valence-corrected chi connectivity index (χ0v) is 12.4. The van der Waals surface area contributed by atoms with Crippen LogP contribution < -0.4 is 4.72 Å². The largest absolute Gasteiger partial charge is 0.469 e. The summed E-state index contributed by atoms with van der Waals surface area (Å²) >= 11 is 0. The van der Waals surface area contributed by atoms with E-state index in [1.807, 2.05) is 13.8 Å². The van der Waals surface area contributed by atoms with Gasteiger partial charge in [0.05, 0.1) is 26.2 Å². The summed E-state index contributed by atoms with van der Waals surface area (Å²) in [6, 6.07) is 0. The third-order valence-electron chi connectivity index (χ3n) is 2.74. The Kier molecular flexibility index (Phi) is 6.18. The van der Waals surface area contributed by atoms with Crippen molar-refractivity contribution in [3.63, 3.8) is 0 Å². The van der Waals surface area contributed by atoms with Crippen molar-refractivity contribution in [1.82, 2.24) is 9.03 Å². The molecular formula is C11H22N2O5S. The van der Waals surface area contributed by atoms with E-state index in [1.54, 1.807) is 0 Å². The first kappa shape index (κ1) is 16.4. The molecule has 0 aromatic rings. The van der Waals surface area contributed by atoms with Crippen molar-refractivity contribution < 1.29 is 22.7 Å². The van der Waals surface area contributed by atoms with Gasteiger partial charge < -0.3 is 9.47 Å². The zero-order chi connectivity index (χ0) is 14.5. The van der Waals surface area contributed by atoms with Crippen LogP contribution in [0.4, 0.5) is 0 Å². The molecule has 0 spiro atoms. The van der Waals surface area contributed by atoms with Gasteiger partial charge in [0.15, 0.2) is 0 Å². The van der Waals surface area contributed by atoms with Crippen LogP contribution in [0.1, 0.15) is 20.3 Å². The monoisotopic (exact) mass is 294 g/mol. The van der Waals surface area contributed by atoms with E-state index in [0.717, 1.165) is 0 Å². The molecule has 7 nitrogen and oxygen atoms in total. The number of hydrogen-bond donors (Lipinski definition) is 1. The smallest absolute Gasteiger partial charge is 0.308 e. The third kappa shape index (κ3) is 5.43. The zero-order valence-electron chi connectivity index (χ0n) is 11.6. The molecule has 112 valence electrons. The highest BCUT2D eigenvalue weighted by Crippen LogP contribution is 2.12. The molecule has 1 N–H and O–H groups in total. The van der Waals surface area contributed by atoms with Crippen molar-refractivity contribution in [1.29, 1.82) is 0 Å². The minimum absolute atomic E-state index is 0.0622. The van der Waals surface area contributed by atoms with E-state index >= 15 is 0 Å². The van der Waals surface area contributed by atoms with Gasteiger partial charge in [-0.1, -0.05) is 13.8 Å². The Bertz CT molecular complexity index is 396. The Morgan fingerprint density at radius 1 is 1.53 bits per heavy atom. The molecule has 1 unspecified atom stereocenters. The Hall–Kier alpha value is -0.700. The van der Waals surface area contributed by atoms with Crippen LogP contribution in [0.3, 0.4) is 0 Å². The molecule has 1 rings (SSSR count). The average Bonchev–Trinajstić information content (AvgIpc) is 2.36. The van der Waals surface area contributed by atoms with Gasteiger partial charge in [-0.25, -0.2) is 4.72 Å². The first-order valence-corrected chi connectivity index (χ1v) is 7.72. The van der Waals surface area contributed by atoms with Crippen LogP contribution in [0.2, 0.25) is 0 Å². The van der Waals surface area contributed by atoms with Gasteiger partial charge >= 0.3 is 5.97 Å². The van der Waals surface area contributed by atoms with Gasteiger partial charge in [0.2, 0.25) is 0 Å². The standard InChI is InChI=1S/C11H22N2O5S/c1-9(2)7-12-19(15,16)13-4-5-18-10(8-13)6-11(14)17-3/h9-10,12H,4-8H2,1-3H3. The van der Waals surface area contributed by atoms with Crippen LogP contribution in [-0.2, 0) is 24.5 Å². The number of nitrogens with one attached hydrogen (secondary N) is 1. The number of methoxy groups -OCH3 is 1. The summed E-state index contributed by atoms with van der Waals surface area (Å²) in [7, 11) is -2.21. The van der Waals surface area contributed by atoms with Crippen LogP contribution in [0.25, 0.3) is 0 Å². The van der Waals surface area contributed by atoms with Gasteiger partial charge in [0, 0.05) is 19.6 Å². The lowest BCUT2D eigenvalue weighted by Crippen LogP contribution is -2.50. The van der Waals surface area contributed by atoms with Crippen LogP contribution >= 0.6 is 0 Å². The van der Waals surface area contributed by atoms with E-state index in [0.29, 0.717) is 13.1 Å². The molecule has 0 amide bonds. The van der Waals surface area contributed by atoms with E-state index in [1.165, 1.54) is 11.4 Å². The fourth-order valence-electron chi connectivity index (χ4n) is 1.67. The van der Waals surface area contributed by atoms with Crippen LogP contribution in [0.5, 0.6) is 0 Å². The third-order valence-corrected chi connectivity index (χ3v) is 4.28. The summed E-state index contributed by atoms with van der Waals surface area (Å²) in [5.41, 5.74) is 0. The predicted molar refractivity (Wildman–Crippen MR) is 69.7 cm³/mol. The molecule has 1 aliphatic rings. The number of hydrogen-bond acceptors (Lipinski definition) is 5. The molecule has 0 saturated carbocycles. The average molecular weight is 294 g/mol. The van der Waals surface area contributed by atoms with Gasteiger partial charge in [-0.3, -0.25) is 4.79 Å². The van der Waals surface area contributed by atoms with E-state index < -0.39 is 22.3 Å². The lowest BCUT2D eigenvalue weighted by Gasteiger charge is -2.31. The van der Waals surface area contributed by atoms with Crippen molar-refractivity contribution in [2.45, 2.75) is 26.4 Å². The van der Waals surface area contributed by atoms with E-state index in [9.17, 15) is 13.2 Å². The first-order valence-electron chi connectivity index (χ1n) is 6.28. The Morgan fingerprint density at radius 2 is 2.21 bits per heavy atom. The topological polar surface area (TPSA) is 84.9 Å². The molecule has 0 radical (unpaired) electrons. The van der Waals surface area contributed by atoms with Crippen molar-refractivity contribution >= 4 is 16.2 Å². The highest BCUT2D eigenvalue weighted by atomic mass is 32.2. The summed E-state index contributed by atoms with van der Waals surface area (Å²) < 4.78 is 37.8. The second-order valence-corrected chi connectivity index (χ2v) is 6.63. The molecule has 19 heavy (non-hydrogen) atoms. The van der Waals surface area contributed by atoms with Crippen LogP contribution in [0.15, 0.2) is 0 Å². The maximum Gasteiger partial charge on any atom is 0.308 e. The molecule has 0 aromatic heterocycles. The maximum atomic E-state index is 12.0. The highest BCUT2D eigenvalue weighted by Gasteiger charge is 2.30. The molecule has 1 atom stereocenters.